The summed E-state index contributed by atoms with van der Waals surface area (Å²) in [6.07, 6.45) is 8.07. The molecule has 98 valence electrons. The Balaban J connectivity index is 1.38. The molecule has 1 saturated carbocycles. The molecule has 1 aromatic rings. The highest BCUT2D eigenvalue weighted by molar-refractivity contribution is 5.06. The van der Waals surface area contributed by atoms with Gasteiger partial charge in [-0.05, 0) is 37.2 Å². The Morgan fingerprint density at radius 1 is 1.22 bits per heavy atom. The van der Waals surface area contributed by atoms with E-state index >= 15 is 0 Å². The van der Waals surface area contributed by atoms with Crippen LogP contribution in [0, 0.1) is 11.8 Å². The zero-order chi connectivity index (χ0) is 11.9. The largest absolute Gasteiger partial charge is 0.472 e. The van der Waals surface area contributed by atoms with Crippen LogP contribution in [0.1, 0.15) is 24.8 Å². The van der Waals surface area contributed by atoms with Crippen molar-refractivity contribution in [2.24, 2.45) is 11.8 Å². The Hall–Kier alpha value is -0.800. The number of fused-ring (bicyclic) bond motifs is 2. The van der Waals surface area contributed by atoms with Crippen LogP contribution in [0.5, 0.6) is 0 Å². The van der Waals surface area contributed by atoms with Crippen molar-refractivity contribution in [1.82, 2.24) is 9.80 Å². The maximum absolute atomic E-state index is 5.17. The first-order chi connectivity index (χ1) is 8.87. The lowest BCUT2D eigenvalue weighted by atomic mass is 9.99. The van der Waals surface area contributed by atoms with Crippen molar-refractivity contribution in [3.63, 3.8) is 0 Å². The highest BCUT2D eigenvalue weighted by atomic mass is 16.3. The molecule has 2 atom stereocenters. The fraction of sp³-hybridized carbons (Fsp3) is 0.733. The molecule has 0 spiro atoms. The molecule has 2 bridgehead atoms. The van der Waals surface area contributed by atoms with E-state index in [0.29, 0.717) is 0 Å². The third kappa shape index (κ3) is 2.21. The molecule has 3 nitrogen and oxygen atoms in total. The molecule has 3 heteroatoms. The molecule has 0 aromatic carbocycles. The maximum atomic E-state index is 5.17. The first kappa shape index (κ1) is 11.1. The van der Waals surface area contributed by atoms with Crippen molar-refractivity contribution in [2.45, 2.75) is 31.8 Å². The highest BCUT2D eigenvalue weighted by Crippen LogP contribution is 2.36. The van der Waals surface area contributed by atoms with Crippen LogP contribution >= 0.6 is 0 Å². The van der Waals surface area contributed by atoms with Crippen LogP contribution in [0.15, 0.2) is 23.0 Å². The van der Waals surface area contributed by atoms with Crippen molar-refractivity contribution in [3.05, 3.63) is 24.2 Å². The zero-order valence-electron chi connectivity index (χ0n) is 10.9. The van der Waals surface area contributed by atoms with Crippen LogP contribution in [0.3, 0.4) is 0 Å². The molecular formula is C15H22N2O. The number of hydrogen-bond donors (Lipinski definition) is 0. The van der Waals surface area contributed by atoms with E-state index in [1.807, 2.05) is 6.26 Å². The summed E-state index contributed by atoms with van der Waals surface area (Å²) in [5, 5.41) is 0. The molecule has 3 heterocycles. The van der Waals surface area contributed by atoms with E-state index in [2.05, 4.69) is 15.9 Å². The summed E-state index contributed by atoms with van der Waals surface area (Å²) in [4.78, 5) is 5.40. The lowest BCUT2D eigenvalue weighted by Crippen LogP contribution is -2.42. The Kier molecular flexibility index (Phi) is 2.70. The fourth-order valence-corrected chi connectivity index (χ4v) is 3.77. The van der Waals surface area contributed by atoms with Crippen LogP contribution in [-0.2, 0) is 6.54 Å². The molecular weight excluding hydrogens is 224 g/mol. The van der Waals surface area contributed by atoms with Crippen molar-refractivity contribution < 1.29 is 4.42 Å². The van der Waals surface area contributed by atoms with Gasteiger partial charge in [0.1, 0.15) is 0 Å². The van der Waals surface area contributed by atoms with Gasteiger partial charge in [-0.25, -0.2) is 0 Å². The van der Waals surface area contributed by atoms with Crippen LogP contribution in [0.25, 0.3) is 0 Å². The molecule has 18 heavy (non-hydrogen) atoms. The fourth-order valence-electron chi connectivity index (χ4n) is 3.77. The van der Waals surface area contributed by atoms with Crippen LogP contribution < -0.4 is 0 Å². The predicted octanol–water partition coefficient (Wildman–Crippen LogP) is 2.20. The third-order valence-corrected chi connectivity index (χ3v) is 4.78. The molecule has 0 radical (unpaired) electrons. The first-order valence-corrected chi connectivity index (χ1v) is 7.34. The number of furan rings is 1. The van der Waals surface area contributed by atoms with Gasteiger partial charge in [0, 0.05) is 44.3 Å². The summed E-state index contributed by atoms with van der Waals surface area (Å²) in [5.41, 5.74) is 1.32. The van der Waals surface area contributed by atoms with E-state index in [9.17, 15) is 0 Å². The van der Waals surface area contributed by atoms with Gasteiger partial charge in [-0.2, -0.15) is 0 Å². The summed E-state index contributed by atoms with van der Waals surface area (Å²) < 4.78 is 5.17. The van der Waals surface area contributed by atoms with Gasteiger partial charge in [-0.1, -0.05) is 0 Å². The highest BCUT2D eigenvalue weighted by Gasteiger charge is 2.40. The molecule has 3 aliphatic rings. The quantitative estimate of drug-likeness (QED) is 0.812. The number of piperidine rings is 1. The van der Waals surface area contributed by atoms with Crippen molar-refractivity contribution in [3.8, 4) is 0 Å². The SMILES string of the molecule is c1cc(CN2C[C@H]3C[C@@H](C2)N(CC2CC2)C3)co1. The standard InChI is InChI=1S/C15H22N2O/c1-2-12(1)8-17-9-14-5-15(17)10-16(7-14)6-13-3-4-18-11-13/h3-4,11-12,14-15H,1-2,5-10H2/t14-,15+/m1/s1. The zero-order valence-corrected chi connectivity index (χ0v) is 10.9. The molecule has 0 N–H and O–H groups in total. The van der Waals surface area contributed by atoms with E-state index in [1.165, 1.54) is 51.0 Å². The molecule has 0 unspecified atom stereocenters. The van der Waals surface area contributed by atoms with Crippen LogP contribution in [0.4, 0.5) is 0 Å². The van der Waals surface area contributed by atoms with Crippen molar-refractivity contribution >= 4 is 0 Å². The normalized spacial score (nSPS) is 33.1. The van der Waals surface area contributed by atoms with Crippen molar-refractivity contribution in [2.75, 3.05) is 26.2 Å². The maximum Gasteiger partial charge on any atom is 0.0947 e. The van der Waals surface area contributed by atoms with E-state index in [1.54, 1.807) is 6.26 Å². The summed E-state index contributed by atoms with van der Waals surface area (Å²) in [5.74, 6) is 1.95. The second kappa shape index (κ2) is 4.39. The molecule has 0 amide bonds. The van der Waals surface area contributed by atoms with E-state index < -0.39 is 0 Å². The van der Waals surface area contributed by atoms with Gasteiger partial charge in [-0.3, -0.25) is 9.80 Å². The molecule has 3 fully saturated rings. The Labute approximate surface area is 109 Å². The summed E-state index contributed by atoms with van der Waals surface area (Å²) in [6.45, 7) is 6.34. The minimum Gasteiger partial charge on any atom is -0.472 e. The second-order valence-corrected chi connectivity index (χ2v) is 6.48. The summed E-state index contributed by atoms with van der Waals surface area (Å²) in [6, 6.07) is 2.93. The minimum absolute atomic E-state index is 0.830. The van der Waals surface area contributed by atoms with Gasteiger partial charge in [0.25, 0.3) is 0 Å². The van der Waals surface area contributed by atoms with E-state index in [-0.39, 0.29) is 0 Å². The van der Waals surface area contributed by atoms with E-state index in [0.717, 1.165) is 24.4 Å². The number of likely N-dealkylation sites (tertiary alicyclic amines) is 2. The third-order valence-electron chi connectivity index (χ3n) is 4.78. The van der Waals surface area contributed by atoms with Gasteiger partial charge in [0.05, 0.1) is 12.5 Å². The lowest BCUT2D eigenvalue weighted by molar-refractivity contribution is 0.153. The Morgan fingerprint density at radius 2 is 2.17 bits per heavy atom. The lowest BCUT2D eigenvalue weighted by Gasteiger charge is -2.32. The molecule has 4 rings (SSSR count). The van der Waals surface area contributed by atoms with Crippen LogP contribution in [0.2, 0.25) is 0 Å². The topological polar surface area (TPSA) is 19.6 Å². The monoisotopic (exact) mass is 246 g/mol. The second-order valence-electron chi connectivity index (χ2n) is 6.48. The van der Waals surface area contributed by atoms with Gasteiger partial charge in [0.15, 0.2) is 0 Å². The predicted molar refractivity (Wildman–Crippen MR) is 70.2 cm³/mol. The average Bonchev–Trinajstić information content (AvgIpc) is 2.94. The average molecular weight is 246 g/mol. The number of rotatable bonds is 4. The number of hydrogen-bond acceptors (Lipinski definition) is 3. The summed E-state index contributed by atoms with van der Waals surface area (Å²) in [7, 11) is 0. The van der Waals surface area contributed by atoms with Crippen molar-refractivity contribution in [1.29, 1.82) is 0 Å². The minimum atomic E-state index is 0.830. The van der Waals surface area contributed by atoms with Gasteiger partial charge >= 0.3 is 0 Å². The molecule has 2 aliphatic heterocycles. The molecule has 1 aromatic heterocycles. The van der Waals surface area contributed by atoms with Gasteiger partial charge in [-0.15, -0.1) is 0 Å². The van der Waals surface area contributed by atoms with Crippen LogP contribution in [-0.4, -0.2) is 42.0 Å². The summed E-state index contributed by atoms with van der Waals surface area (Å²) >= 11 is 0. The Bertz CT molecular complexity index is 399. The molecule has 1 aliphatic carbocycles. The number of nitrogens with zero attached hydrogens (tertiary/aromatic N) is 2. The van der Waals surface area contributed by atoms with Gasteiger partial charge < -0.3 is 4.42 Å². The first-order valence-electron chi connectivity index (χ1n) is 7.34. The van der Waals surface area contributed by atoms with Gasteiger partial charge in [0.2, 0.25) is 0 Å². The molecule has 2 saturated heterocycles. The smallest absolute Gasteiger partial charge is 0.0947 e. The Morgan fingerprint density at radius 3 is 2.94 bits per heavy atom. The van der Waals surface area contributed by atoms with E-state index in [4.69, 9.17) is 4.42 Å².